The van der Waals surface area contributed by atoms with Gasteiger partial charge in [-0.2, -0.15) is 0 Å². The molecule has 0 amide bonds. The van der Waals surface area contributed by atoms with Gasteiger partial charge in [-0.15, -0.1) is 0 Å². The maximum absolute atomic E-state index is 11.6. The first-order valence-corrected chi connectivity index (χ1v) is 7.76. The second-order valence-corrected chi connectivity index (χ2v) is 6.70. The van der Waals surface area contributed by atoms with Gasteiger partial charge in [0.2, 0.25) is 10.0 Å². The predicted molar refractivity (Wildman–Crippen MR) is 75.0 cm³/mol. The van der Waals surface area contributed by atoms with Crippen LogP contribution in [0.3, 0.4) is 0 Å². The van der Waals surface area contributed by atoms with Crippen LogP contribution >= 0.6 is 0 Å². The first kappa shape index (κ1) is 15.1. The van der Waals surface area contributed by atoms with Gasteiger partial charge in [-0.1, -0.05) is 31.2 Å². The summed E-state index contributed by atoms with van der Waals surface area (Å²) in [7, 11) is 0.0170. The summed E-state index contributed by atoms with van der Waals surface area (Å²) in [4.78, 5) is 0. The monoisotopic (exact) mass is 270 g/mol. The zero-order valence-electron chi connectivity index (χ0n) is 11.3. The Morgan fingerprint density at radius 3 is 2.33 bits per heavy atom. The van der Waals surface area contributed by atoms with Crippen LogP contribution in [-0.4, -0.2) is 39.1 Å². The molecular weight excluding hydrogens is 248 g/mol. The number of hydrogen-bond acceptors (Lipinski definition) is 3. The largest absolute Gasteiger partial charge is 0.312 e. The Bertz CT molecular complexity index is 470. The van der Waals surface area contributed by atoms with E-state index < -0.39 is 10.0 Å². The fourth-order valence-electron chi connectivity index (χ4n) is 1.68. The average molecular weight is 270 g/mol. The van der Waals surface area contributed by atoms with Crippen LogP contribution in [0.15, 0.2) is 24.3 Å². The summed E-state index contributed by atoms with van der Waals surface area (Å²) < 4.78 is 24.4. The Kier molecular flexibility index (Phi) is 5.78. The lowest BCUT2D eigenvalue weighted by molar-refractivity contribution is 0.517. The summed E-state index contributed by atoms with van der Waals surface area (Å²) in [5.74, 6) is 0.133. The van der Waals surface area contributed by atoms with E-state index in [4.69, 9.17) is 0 Å². The van der Waals surface area contributed by atoms with Crippen molar-refractivity contribution in [3.05, 3.63) is 35.4 Å². The number of nitrogens with one attached hydrogen (secondary N) is 1. The van der Waals surface area contributed by atoms with Crippen LogP contribution in [0.1, 0.15) is 18.1 Å². The van der Waals surface area contributed by atoms with Gasteiger partial charge in [-0.3, -0.25) is 0 Å². The van der Waals surface area contributed by atoms with Gasteiger partial charge in [0.15, 0.2) is 0 Å². The highest BCUT2D eigenvalue weighted by Crippen LogP contribution is 2.08. The molecule has 0 aliphatic heterocycles. The van der Waals surface area contributed by atoms with E-state index >= 15 is 0 Å². The Morgan fingerprint density at radius 1 is 1.17 bits per heavy atom. The van der Waals surface area contributed by atoms with Crippen LogP contribution in [0, 0.1) is 0 Å². The van der Waals surface area contributed by atoms with E-state index in [0.29, 0.717) is 13.1 Å². The number of aryl methyl sites for hydroxylation is 1. The zero-order chi connectivity index (χ0) is 13.6. The lowest BCUT2D eigenvalue weighted by Gasteiger charge is -2.12. The van der Waals surface area contributed by atoms with Gasteiger partial charge < -0.3 is 5.32 Å². The van der Waals surface area contributed by atoms with Crippen molar-refractivity contribution in [1.82, 2.24) is 9.62 Å². The van der Waals surface area contributed by atoms with Crippen LogP contribution in [0.4, 0.5) is 0 Å². The molecule has 5 heteroatoms. The highest BCUT2D eigenvalue weighted by molar-refractivity contribution is 7.89. The van der Waals surface area contributed by atoms with Gasteiger partial charge in [-0.25, -0.2) is 12.7 Å². The summed E-state index contributed by atoms with van der Waals surface area (Å²) in [6.07, 6.45) is 0.994. The van der Waals surface area contributed by atoms with Crippen molar-refractivity contribution in [2.24, 2.45) is 0 Å². The Hall–Kier alpha value is -0.910. The molecule has 0 radical (unpaired) electrons. The highest BCUT2D eigenvalue weighted by atomic mass is 32.2. The van der Waals surface area contributed by atoms with E-state index in [0.717, 1.165) is 6.42 Å². The smallest absolute Gasteiger partial charge is 0.214 e. The Balaban J connectivity index is 2.43. The minimum absolute atomic E-state index is 0.133. The zero-order valence-corrected chi connectivity index (χ0v) is 12.1. The predicted octanol–water partition coefficient (Wildman–Crippen LogP) is 1.23. The van der Waals surface area contributed by atoms with Crippen molar-refractivity contribution < 1.29 is 8.42 Å². The molecule has 0 saturated carbocycles. The molecule has 0 fully saturated rings. The summed E-state index contributed by atoms with van der Waals surface area (Å²) in [5, 5.41) is 3.18. The number of nitrogens with zero attached hydrogens (tertiary/aromatic N) is 1. The fraction of sp³-hybridized carbons (Fsp3) is 0.538. The molecule has 1 N–H and O–H groups in total. The molecular formula is C13H22N2O2S. The van der Waals surface area contributed by atoms with Crippen molar-refractivity contribution >= 4 is 10.0 Å². The van der Waals surface area contributed by atoms with Crippen LogP contribution in [0.25, 0.3) is 0 Å². The molecule has 0 bridgehead atoms. The second kappa shape index (κ2) is 6.87. The van der Waals surface area contributed by atoms with E-state index in [1.807, 2.05) is 12.1 Å². The molecule has 1 aromatic rings. The maximum Gasteiger partial charge on any atom is 0.214 e. The summed E-state index contributed by atoms with van der Waals surface area (Å²) in [5.41, 5.74) is 2.54. The molecule has 0 unspecified atom stereocenters. The minimum Gasteiger partial charge on any atom is -0.312 e. The normalized spacial score (nSPS) is 12.0. The lowest BCUT2D eigenvalue weighted by Crippen LogP contribution is -2.31. The third-order valence-corrected chi connectivity index (χ3v) is 4.74. The van der Waals surface area contributed by atoms with Gasteiger partial charge in [-0.05, 0) is 17.5 Å². The molecule has 0 aliphatic carbocycles. The van der Waals surface area contributed by atoms with Gasteiger partial charge in [0.25, 0.3) is 0 Å². The molecule has 0 spiro atoms. The third-order valence-electron chi connectivity index (χ3n) is 2.91. The number of hydrogen-bond donors (Lipinski definition) is 1. The summed E-state index contributed by atoms with van der Waals surface area (Å²) >= 11 is 0. The van der Waals surface area contributed by atoms with E-state index in [1.165, 1.54) is 15.4 Å². The van der Waals surface area contributed by atoms with Gasteiger partial charge >= 0.3 is 0 Å². The number of sulfonamides is 1. The maximum atomic E-state index is 11.6. The summed E-state index contributed by atoms with van der Waals surface area (Å²) in [6, 6.07) is 8.21. The van der Waals surface area contributed by atoms with E-state index in [2.05, 4.69) is 24.4 Å². The Labute approximate surface area is 110 Å². The van der Waals surface area contributed by atoms with Crippen molar-refractivity contribution in [3.8, 4) is 0 Å². The molecule has 1 rings (SSSR count). The topological polar surface area (TPSA) is 49.4 Å². The SMILES string of the molecule is CCc1ccccc1CNCCS(=O)(=O)N(C)C. The molecule has 0 saturated heterocycles. The average Bonchev–Trinajstić information content (AvgIpc) is 2.35. The van der Waals surface area contributed by atoms with Crippen molar-refractivity contribution in [1.29, 1.82) is 0 Å². The van der Waals surface area contributed by atoms with Gasteiger partial charge in [0.05, 0.1) is 5.75 Å². The fourth-order valence-corrected chi connectivity index (χ4v) is 2.45. The van der Waals surface area contributed by atoms with Crippen molar-refractivity contribution in [2.75, 3.05) is 26.4 Å². The van der Waals surface area contributed by atoms with Crippen LogP contribution < -0.4 is 5.32 Å². The molecule has 0 aromatic heterocycles. The Morgan fingerprint density at radius 2 is 1.78 bits per heavy atom. The standard InChI is InChI=1S/C13H22N2O2S/c1-4-12-7-5-6-8-13(12)11-14-9-10-18(16,17)15(2)3/h5-8,14H,4,9-11H2,1-3H3. The molecule has 4 nitrogen and oxygen atoms in total. The molecule has 102 valence electrons. The highest BCUT2D eigenvalue weighted by Gasteiger charge is 2.12. The lowest BCUT2D eigenvalue weighted by atomic mass is 10.1. The van der Waals surface area contributed by atoms with Crippen LogP contribution in [-0.2, 0) is 23.0 Å². The van der Waals surface area contributed by atoms with Gasteiger partial charge in [0.1, 0.15) is 0 Å². The van der Waals surface area contributed by atoms with Gasteiger partial charge in [0, 0.05) is 27.2 Å². The quantitative estimate of drug-likeness (QED) is 0.758. The first-order valence-electron chi connectivity index (χ1n) is 6.15. The molecule has 0 atom stereocenters. The van der Waals surface area contributed by atoms with Crippen molar-refractivity contribution in [2.45, 2.75) is 19.9 Å². The minimum atomic E-state index is -3.10. The van der Waals surface area contributed by atoms with Crippen LogP contribution in [0.5, 0.6) is 0 Å². The number of benzene rings is 1. The third kappa shape index (κ3) is 4.40. The van der Waals surface area contributed by atoms with E-state index in [1.54, 1.807) is 14.1 Å². The van der Waals surface area contributed by atoms with Crippen molar-refractivity contribution in [3.63, 3.8) is 0 Å². The molecule has 1 aromatic carbocycles. The van der Waals surface area contributed by atoms with E-state index in [9.17, 15) is 8.42 Å². The molecule has 18 heavy (non-hydrogen) atoms. The summed E-state index contributed by atoms with van der Waals surface area (Å²) in [6.45, 7) is 3.31. The molecule has 0 heterocycles. The number of rotatable bonds is 7. The van der Waals surface area contributed by atoms with Crippen LogP contribution in [0.2, 0.25) is 0 Å². The van der Waals surface area contributed by atoms with E-state index in [-0.39, 0.29) is 5.75 Å². The molecule has 0 aliphatic rings. The second-order valence-electron chi connectivity index (χ2n) is 4.40. The first-order chi connectivity index (χ1) is 8.47.